The van der Waals surface area contributed by atoms with Crippen molar-refractivity contribution in [3.63, 3.8) is 0 Å². The molecule has 0 aliphatic heterocycles. The summed E-state index contributed by atoms with van der Waals surface area (Å²) in [6, 6.07) is 15.0. The van der Waals surface area contributed by atoms with Gasteiger partial charge in [0.2, 0.25) is 0 Å². The van der Waals surface area contributed by atoms with E-state index in [1.807, 2.05) is 37.3 Å². The van der Waals surface area contributed by atoms with Crippen LogP contribution >= 0.6 is 23.2 Å². The van der Waals surface area contributed by atoms with E-state index in [2.05, 4.69) is 0 Å². The number of hydrogen-bond donors (Lipinski definition) is 0. The number of benzene rings is 2. The van der Waals surface area contributed by atoms with Crippen LogP contribution in [0.5, 0.6) is 0 Å². The van der Waals surface area contributed by atoms with Gasteiger partial charge in [-0.25, -0.2) is 0 Å². The van der Waals surface area contributed by atoms with Gasteiger partial charge in [-0.3, -0.25) is 4.79 Å². The molecule has 0 heterocycles. The average Bonchev–Trinajstić information content (AvgIpc) is 2.42. The van der Waals surface area contributed by atoms with Crippen LogP contribution in [0.3, 0.4) is 0 Å². The smallest absolute Gasteiger partial charge is 0.144 e. The fourth-order valence-corrected chi connectivity index (χ4v) is 2.41. The van der Waals surface area contributed by atoms with E-state index in [9.17, 15) is 4.79 Å². The van der Waals surface area contributed by atoms with Gasteiger partial charge in [0.05, 0.1) is 0 Å². The van der Waals surface area contributed by atoms with Crippen molar-refractivity contribution in [3.05, 3.63) is 69.7 Å². The SMILES string of the molecule is CC(C(=O)Cc1ccc(Cl)cc1Cl)c1ccccc1. The quantitative estimate of drug-likeness (QED) is 0.783. The van der Waals surface area contributed by atoms with Crippen LogP contribution in [0, 0.1) is 0 Å². The van der Waals surface area contributed by atoms with Crippen LogP contribution < -0.4 is 0 Å². The normalized spacial score (nSPS) is 12.2. The van der Waals surface area contributed by atoms with Crippen LogP contribution in [0.2, 0.25) is 10.0 Å². The minimum absolute atomic E-state index is 0.132. The maximum atomic E-state index is 12.3. The van der Waals surface area contributed by atoms with Gasteiger partial charge in [0.25, 0.3) is 0 Å². The van der Waals surface area contributed by atoms with Crippen LogP contribution in [0.4, 0.5) is 0 Å². The summed E-state index contributed by atoms with van der Waals surface area (Å²) in [5.41, 5.74) is 1.84. The molecule has 0 saturated heterocycles. The number of hydrogen-bond acceptors (Lipinski definition) is 1. The zero-order valence-corrected chi connectivity index (χ0v) is 12.1. The summed E-state index contributed by atoms with van der Waals surface area (Å²) in [6.45, 7) is 1.92. The predicted molar refractivity (Wildman–Crippen MR) is 80.0 cm³/mol. The summed E-state index contributed by atoms with van der Waals surface area (Å²) in [5.74, 6) is 0.0170. The molecule has 3 heteroatoms. The lowest BCUT2D eigenvalue weighted by Gasteiger charge is -2.11. The molecule has 0 fully saturated rings. The van der Waals surface area contributed by atoms with E-state index in [-0.39, 0.29) is 11.7 Å². The second-order valence-electron chi connectivity index (χ2n) is 4.51. The highest BCUT2D eigenvalue weighted by molar-refractivity contribution is 6.35. The highest BCUT2D eigenvalue weighted by Crippen LogP contribution is 2.24. The highest BCUT2D eigenvalue weighted by atomic mass is 35.5. The van der Waals surface area contributed by atoms with E-state index >= 15 is 0 Å². The molecule has 98 valence electrons. The fourth-order valence-electron chi connectivity index (χ4n) is 1.93. The first-order valence-electron chi connectivity index (χ1n) is 6.09. The molecule has 1 unspecified atom stereocenters. The lowest BCUT2D eigenvalue weighted by Crippen LogP contribution is -2.12. The summed E-state index contributed by atoms with van der Waals surface area (Å²) in [6.07, 6.45) is 0.325. The summed E-state index contributed by atoms with van der Waals surface area (Å²) in [5, 5.41) is 1.12. The third-order valence-electron chi connectivity index (χ3n) is 3.16. The molecule has 0 aliphatic rings. The molecule has 0 saturated carbocycles. The number of carbonyl (C=O) groups is 1. The molecule has 0 N–H and O–H groups in total. The van der Waals surface area contributed by atoms with Gasteiger partial charge >= 0.3 is 0 Å². The molecule has 0 bridgehead atoms. The Morgan fingerprint density at radius 1 is 1.11 bits per heavy atom. The van der Waals surface area contributed by atoms with E-state index in [0.29, 0.717) is 16.5 Å². The minimum Gasteiger partial charge on any atom is -0.299 e. The molecule has 1 atom stereocenters. The van der Waals surface area contributed by atoms with Crippen molar-refractivity contribution >= 4 is 29.0 Å². The zero-order chi connectivity index (χ0) is 13.8. The van der Waals surface area contributed by atoms with Gasteiger partial charge < -0.3 is 0 Å². The maximum Gasteiger partial charge on any atom is 0.144 e. The lowest BCUT2D eigenvalue weighted by atomic mass is 9.93. The van der Waals surface area contributed by atoms with Crippen molar-refractivity contribution in [2.45, 2.75) is 19.3 Å². The van der Waals surface area contributed by atoms with Gasteiger partial charge in [-0.1, -0.05) is 66.5 Å². The van der Waals surface area contributed by atoms with E-state index in [1.165, 1.54) is 0 Å². The number of carbonyl (C=O) groups excluding carboxylic acids is 1. The van der Waals surface area contributed by atoms with Crippen LogP contribution in [0.15, 0.2) is 48.5 Å². The van der Waals surface area contributed by atoms with Crippen LogP contribution in [-0.2, 0) is 11.2 Å². The topological polar surface area (TPSA) is 17.1 Å². The average molecular weight is 293 g/mol. The Bertz CT molecular complexity index is 579. The van der Waals surface area contributed by atoms with Crippen LogP contribution in [-0.4, -0.2) is 5.78 Å². The van der Waals surface area contributed by atoms with E-state index in [0.717, 1.165) is 11.1 Å². The molecule has 0 radical (unpaired) electrons. The first kappa shape index (κ1) is 14.1. The van der Waals surface area contributed by atoms with Crippen molar-refractivity contribution in [1.82, 2.24) is 0 Å². The molecular weight excluding hydrogens is 279 g/mol. The Hall–Kier alpha value is -1.31. The number of ketones is 1. The van der Waals surface area contributed by atoms with Gasteiger partial charge in [0.15, 0.2) is 0 Å². The van der Waals surface area contributed by atoms with Crippen molar-refractivity contribution in [1.29, 1.82) is 0 Å². The first-order valence-corrected chi connectivity index (χ1v) is 6.85. The third kappa shape index (κ3) is 3.59. The zero-order valence-electron chi connectivity index (χ0n) is 10.6. The first-order chi connectivity index (χ1) is 9.08. The summed E-state index contributed by atoms with van der Waals surface area (Å²) < 4.78 is 0. The van der Waals surface area contributed by atoms with Crippen molar-refractivity contribution in [3.8, 4) is 0 Å². The molecular formula is C16H14Cl2O. The van der Waals surface area contributed by atoms with Crippen LogP contribution in [0.1, 0.15) is 24.0 Å². The maximum absolute atomic E-state index is 12.3. The highest BCUT2D eigenvalue weighted by Gasteiger charge is 2.16. The molecule has 2 rings (SSSR count). The van der Waals surface area contributed by atoms with Gasteiger partial charge in [-0.2, -0.15) is 0 Å². The molecule has 0 aromatic heterocycles. The summed E-state index contributed by atoms with van der Waals surface area (Å²) in [7, 11) is 0. The number of rotatable bonds is 4. The van der Waals surface area contributed by atoms with Gasteiger partial charge in [0.1, 0.15) is 5.78 Å². The van der Waals surface area contributed by atoms with Crippen molar-refractivity contribution in [2.75, 3.05) is 0 Å². The monoisotopic (exact) mass is 292 g/mol. The molecule has 2 aromatic carbocycles. The standard InChI is InChI=1S/C16H14Cl2O/c1-11(12-5-3-2-4-6-12)16(19)9-13-7-8-14(17)10-15(13)18/h2-8,10-11H,9H2,1H3. The largest absolute Gasteiger partial charge is 0.299 e. The Morgan fingerprint density at radius 2 is 1.79 bits per heavy atom. The summed E-state index contributed by atoms with van der Waals surface area (Å²) in [4.78, 5) is 12.3. The van der Waals surface area contributed by atoms with Gasteiger partial charge in [-0.05, 0) is 23.3 Å². The van der Waals surface area contributed by atoms with E-state index in [4.69, 9.17) is 23.2 Å². The number of halogens is 2. The third-order valence-corrected chi connectivity index (χ3v) is 3.75. The molecule has 0 amide bonds. The second-order valence-corrected chi connectivity index (χ2v) is 5.35. The van der Waals surface area contributed by atoms with Gasteiger partial charge in [-0.15, -0.1) is 0 Å². The Morgan fingerprint density at radius 3 is 2.42 bits per heavy atom. The predicted octanol–water partition coefficient (Wildman–Crippen LogP) is 4.91. The molecule has 1 nitrogen and oxygen atoms in total. The van der Waals surface area contributed by atoms with E-state index in [1.54, 1.807) is 18.2 Å². The number of Topliss-reactive ketones (excluding diaryl/α,β-unsaturated/α-hetero) is 1. The Kier molecular flexibility index (Phi) is 4.62. The Labute approximate surface area is 123 Å². The molecule has 2 aromatic rings. The fraction of sp³-hybridized carbons (Fsp3) is 0.188. The van der Waals surface area contributed by atoms with E-state index < -0.39 is 0 Å². The van der Waals surface area contributed by atoms with Crippen LogP contribution in [0.25, 0.3) is 0 Å². The van der Waals surface area contributed by atoms with Crippen molar-refractivity contribution < 1.29 is 4.79 Å². The lowest BCUT2D eigenvalue weighted by molar-refractivity contribution is -0.119. The molecule has 0 aliphatic carbocycles. The van der Waals surface area contributed by atoms with Gasteiger partial charge in [0, 0.05) is 22.4 Å². The molecule has 0 spiro atoms. The van der Waals surface area contributed by atoms with Crippen molar-refractivity contribution in [2.24, 2.45) is 0 Å². The minimum atomic E-state index is -0.132. The second kappa shape index (κ2) is 6.23. The molecule has 19 heavy (non-hydrogen) atoms. The Balaban J connectivity index is 2.13. The summed E-state index contributed by atoms with van der Waals surface area (Å²) >= 11 is 11.9.